The third kappa shape index (κ3) is 2.73. The van der Waals surface area contributed by atoms with Gasteiger partial charge in [0.1, 0.15) is 0 Å². The Morgan fingerprint density at radius 3 is 2.88 bits per heavy atom. The molecule has 1 saturated carbocycles. The predicted molar refractivity (Wildman–Crippen MR) is 62.1 cm³/mol. The monoisotopic (exact) mass is 223 g/mol. The van der Waals surface area contributed by atoms with Crippen LogP contribution >= 0.6 is 0 Å². The van der Waals surface area contributed by atoms with E-state index in [-0.39, 0.29) is 11.9 Å². The highest BCUT2D eigenvalue weighted by Crippen LogP contribution is 2.29. The van der Waals surface area contributed by atoms with Crippen LogP contribution in [-0.2, 0) is 0 Å². The van der Waals surface area contributed by atoms with Crippen molar-refractivity contribution in [2.45, 2.75) is 25.8 Å². The minimum atomic E-state index is -0.305. The smallest absolute Gasteiger partial charge is 0.165 e. The maximum atomic E-state index is 13.2. The van der Waals surface area contributed by atoms with Gasteiger partial charge >= 0.3 is 0 Å². The number of ether oxygens (including phenoxy) is 1. The number of hydrogen-bond donors (Lipinski definition) is 1. The van der Waals surface area contributed by atoms with Gasteiger partial charge in [-0.15, -0.1) is 0 Å². The quantitative estimate of drug-likeness (QED) is 0.828. The van der Waals surface area contributed by atoms with Crippen LogP contribution in [0.4, 0.5) is 4.39 Å². The lowest BCUT2D eigenvalue weighted by atomic mass is 10.1. The van der Waals surface area contributed by atoms with Crippen molar-refractivity contribution in [3.63, 3.8) is 0 Å². The minimum Gasteiger partial charge on any atom is -0.494 e. The van der Waals surface area contributed by atoms with E-state index in [1.165, 1.54) is 26.0 Å². The Hall–Kier alpha value is -1.09. The van der Waals surface area contributed by atoms with Crippen molar-refractivity contribution in [2.75, 3.05) is 13.7 Å². The topological polar surface area (TPSA) is 21.3 Å². The summed E-state index contributed by atoms with van der Waals surface area (Å²) in [7, 11) is 1.49. The van der Waals surface area contributed by atoms with Crippen LogP contribution in [0.5, 0.6) is 5.75 Å². The zero-order chi connectivity index (χ0) is 11.5. The van der Waals surface area contributed by atoms with Gasteiger partial charge in [-0.05, 0) is 49.9 Å². The average Bonchev–Trinajstić information content (AvgIpc) is 3.10. The maximum absolute atomic E-state index is 13.2. The molecular formula is C13H18FNO. The van der Waals surface area contributed by atoms with Gasteiger partial charge in [-0.1, -0.05) is 6.07 Å². The molecule has 0 aromatic heterocycles. The van der Waals surface area contributed by atoms with Gasteiger partial charge in [0.25, 0.3) is 0 Å². The van der Waals surface area contributed by atoms with Gasteiger partial charge in [0.15, 0.2) is 11.6 Å². The van der Waals surface area contributed by atoms with Crippen molar-refractivity contribution in [3.05, 3.63) is 29.6 Å². The molecule has 0 saturated heterocycles. The van der Waals surface area contributed by atoms with Gasteiger partial charge < -0.3 is 10.1 Å². The first-order chi connectivity index (χ1) is 7.70. The van der Waals surface area contributed by atoms with Crippen LogP contribution in [0.3, 0.4) is 0 Å². The molecule has 0 heterocycles. The Kier molecular flexibility index (Phi) is 3.44. The third-order valence-electron chi connectivity index (χ3n) is 3.08. The highest BCUT2D eigenvalue weighted by molar-refractivity contribution is 5.31. The number of rotatable bonds is 5. The number of nitrogens with one attached hydrogen (secondary N) is 1. The molecule has 88 valence electrons. The number of benzene rings is 1. The second-order valence-electron chi connectivity index (χ2n) is 4.47. The molecule has 1 aliphatic carbocycles. The van der Waals surface area contributed by atoms with Crippen LogP contribution in [0.15, 0.2) is 18.2 Å². The first kappa shape index (κ1) is 11.4. The third-order valence-corrected chi connectivity index (χ3v) is 3.08. The fraction of sp³-hybridized carbons (Fsp3) is 0.538. The maximum Gasteiger partial charge on any atom is 0.165 e. The molecule has 1 aliphatic rings. The average molecular weight is 223 g/mol. The molecule has 1 aromatic carbocycles. The standard InChI is InChI=1S/C13H18FNO/c1-9(15-8-10-3-4-10)11-5-6-12(14)13(7-11)16-2/h5-7,9-10,15H,3-4,8H2,1-2H3. The Bertz CT molecular complexity index is 363. The van der Waals surface area contributed by atoms with Gasteiger partial charge in [0, 0.05) is 6.04 Å². The Balaban J connectivity index is 2.00. The molecular weight excluding hydrogens is 205 g/mol. The van der Waals surface area contributed by atoms with Crippen LogP contribution < -0.4 is 10.1 Å². The van der Waals surface area contributed by atoms with Crippen molar-refractivity contribution in [3.8, 4) is 5.75 Å². The van der Waals surface area contributed by atoms with Crippen molar-refractivity contribution in [1.82, 2.24) is 5.32 Å². The van der Waals surface area contributed by atoms with E-state index in [1.54, 1.807) is 6.07 Å². The van der Waals surface area contributed by atoms with Gasteiger partial charge in [-0.25, -0.2) is 4.39 Å². The number of halogens is 1. The molecule has 0 aliphatic heterocycles. The lowest BCUT2D eigenvalue weighted by Crippen LogP contribution is -2.21. The van der Waals surface area contributed by atoms with E-state index >= 15 is 0 Å². The second kappa shape index (κ2) is 4.83. The highest BCUT2D eigenvalue weighted by atomic mass is 19.1. The van der Waals surface area contributed by atoms with Crippen LogP contribution in [0, 0.1) is 11.7 Å². The molecule has 0 amide bonds. The Morgan fingerprint density at radius 2 is 2.25 bits per heavy atom. The summed E-state index contributed by atoms with van der Waals surface area (Å²) in [5, 5.41) is 3.45. The molecule has 16 heavy (non-hydrogen) atoms. The molecule has 1 N–H and O–H groups in total. The van der Waals surface area contributed by atoms with E-state index in [1.807, 2.05) is 6.07 Å². The fourth-order valence-electron chi connectivity index (χ4n) is 1.73. The van der Waals surface area contributed by atoms with E-state index < -0.39 is 0 Å². The molecule has 1 aromatic rings. The van der Waals surface area contributed by atoms with Crippen LogP contribution in [-0.4, -0.2) is 13.7 Å². The fourth-order valence-corrected chi connectivity index (χ4v) is 1.73. The van der Waals surface area contributed by atoms with Crippen molar-refractivity contribution in [1.29, 1.82) is 0 Å². The molecule has 2 nitrogen and oxygen atoms in total. The van der Waals surface area contributed by atoms with E-state index in [2.05, 4.69) is 12.2 Å². The van der Waals surface area contributed by atoms with Crippen molar-refractivity contribution >= 4 is 0 Å². The largest absolute Gasteiger partial charge is 0.494 e. The molecule has 1 atom stereocenters. The molecule has 2 rings (SSSR count). The summed E-state index contributed by atoms with van der Waals surface area (Å²) in [6, 6.07) is 5.28. The summed E-state index contributed by atoms with van der Waals surface area (Å²) in [6.45, 7) is 3.15. The van der Waals surface area contributed by atoms with E-state index in [0.717, 1.165) is 18.0 Å². The van der Waals surface area contributed by atoms with Crippen molar-refractivity contribution in [2.24, 2.45) is 5.92 Å². The van der Waals surface area contributed by atoms with E-state index in [0.29, 0.717) is 5.75 Å². The van der Waals surface area contributed by atoms with Crippen LogP contribution in [0.25, 0.3) is 0 Å². The van der Waals surface area contributed by atoms with E-state index in [9.17, 15) is 4.39 Å². The molecule has 1 unspecified atom stereocenters. The first-order valence-corrected chi connectivity index (χ1v) is 5.77. The van der Waals surface area contributed by atoms with Gasteiger partial charge in [-0.3, -0.25) is 0 Å². The van der Waals surface area contributed by atoms with Gasteiger partial charge in [0.05, 0.1) is 7.11 Å². The number of methoxy groups -OCH3 is 1. The summed E-state index contributed by atoms with van der Waals surface area (Å²) in [6.07, 6.45) is 2.68. The highest BCUT2D eigenvalue weighted by Gasteiger charge is 2.21. The lowest BCUT2D eigenvalue weighted by Gasteiger charge is -2.15. The SMILES string of the molecule is COc1cc(C(C)NCC2CC2)ccc1F. The molecule has 0 radical (unpaired) electrons. The summed E-state index contributed by atoms with van der Waals surface area (Å²) in [5.41, 5.74) is 1.07. The van der Waals surface area contributed by atoms with E-state index in [4.69, 9.17) is 4.74 Å². The van der Waals surface area contributed by atoms with Gasteiger partial charge in [0.2, 0.25) is 0 Å². The zero-order valence-corrected chi connectivity index (χ0v) is 9.79. The predicted octanol–water partition coefficient (Wildman–Crippen LogP) is 2.89. The normalized spacial score (nSPS) is 17.2. The van der Waals surface area contributed by atoms with Crippen molar-refractivity contribution < 1.29 is 9.13 Å². The summed E-state index contributed by atoms with van der Waals surface area (Å²) in [5.74, 6) is 0.864. The molecule has 1 fully saturated rings. The van der Waals surface area contributed by atoms with Crippen LogP contribution in [0.1, 0.15) is 31.4 Å². The molecule has 0 bridgehead atoms. The molecule has 3 heteroatoms. The second-order valence-corrected chi connectivity index (χ2v) is 4.47. The Morgan fingerprint density at radius 1 is 1.50 bits per heavy atom. The Labute approximate surface area is 95.8 Å². The zero-order valence-electron chi connectivity index (χ0n) is 9.79. The summed E-state index contributed by atoms with van der Waals surface area (Å²) >= 11 is 0. The summed E-state index contributed by atoms with van der Waals surface area (Å²) in [4.78, 5) is 0. The first-order valence-electron chi connectivity index (χ1n) is 5.77. The minimum absolute atomic E-state index is 0.245. The van der Waals surface area contributed by atoms with Gasteiger partial charge in [-0.2, -0.15) is 0 Å². The number of hydrogen-bond acceptors (Lipinski definition) is 2. The van der Waals surface area contributed by atoms with Crippen LogP contribution in [0.2, 0.25) is 0 Å². The molecule has 0 spiro atoms. The lowest BCUT2D eigenvalue weighted by molar-refractivity contribution is 0.385. The summed E-state index contributed by atoms with van der Waals surface area (Å²) < 4.78 is 18.2.